The molecule has 2 aliphatic rings. The third kappa shape index (κ3) is 3.03. The Morgan fingerprint density at radius 1 is 1.30 bits per heavy atom. The van der Waals surface area contributed by atoms with Crippen LogP contribution in [0, 0.1) is 11.7 Å². The molecule has 2 aromatic heterocycles. The van der Waals surface area contributed by atoms with Crippen LogP contribution in [-0.4, -0.2) is 28.2 Å². The van der Waals surface area contributed by atoms with Crippen LogP contribution in [-0.2, 0) is 0 Å². The van der Waals surface area contributed by atoms with Crippen LogP contribution in [0.1, 0.15) is 18.4 Å². The summed E-state index contributed by atoms with van der Waals surface area (Å²) in [5, 5.41) is 11.1. The van der Waals surface area contributed by atoms with Gasteiger partial charge in [0.2, 0.25) is 0 Å². The van der Waals surface area contributed by atoms with Crippen LogP contribution >= 0.6 is 11.9 Å². The quantitative estimate of drug-likeness (QED) is 0.476. The molecule has 0 amide bonds. The minimum atomic E-state index is -0.953. The Hall–Kier alpha value is -2.29. The first-order chi connectivity index (χ1) is 13.2. The van der Waals surface area contributed by atoms with E-state index in [1.807, 2.05) is 18.3 Å². The predicted molar refractivity (Wildman–Crippen MR) is 105 cm³/mol. The largest absolute Gasteiger partial charge is 0.552 e. The summed E-state index contributed by atoms with van der Waals surface area (Å²) < 4.78 is 22.6. The Labute approximate surface area is 160 Å². The van der Waals surface area contributed by atoms with Crippen molar-refractivity contribution in [3.8, 4) is 5.75 Å². The Morgan fingerprint density at radius 3 is 3.00 bits per heavy atom. The van der Waals surface area contributed by atoms with Crippen LogP contribution in [0.5, 0.6) is 5.75 Å². The molecule has 5 rings (SSSR count). The van der Waals surface area contributed by atoms with Gasteiger partial charge in [0.05, 0.1) is 11.1 Å². The van der Waals surface area contributed by atoms with E-state index in [-0.39, 0.29) is 5.82 Å². The van der Waals surface area contributed by atoms with Crippen molar-refractivity contribution >= 4 is 35.7 Å². The van der Waals surface area contributed by atoms with Crippen LogP contribution in [0.25, 0.3) is 16.6 Å². The van der Waals surface area contributed by atoms with Gasteiger partial charge in [-0.25, -0.2) is 9.37 Å². The maximum Gasteiger partial charge on any atom is 0.552 e. The number of rotatable bonds is 4. The second-order valence-corrected chi connectivity index (χ2v) is 7.76. The van der Waals surface area contributed by atoms with E-state index in [9.17, 15) is 9.41 Å². The van der Waals surface area contributed by atoms with Gasteiger partial charge in [-0.2, -0.15) is 0 Å². The number of hydrogen-bond acceptors (Lipinski definition) is 5. The number of aromatic nitrogens is 2. The highest BCUT2D eigenvalue weighted by Crippen LogP contribution is 2.46. The van der Waals surface area contributed by atoms with Gasteiger partial charge in [0.25, 0.3) is 0 Å². The third-order valence-electron chi connectivity index (χ3n) is 5.16. The molecule has 1 fully saturated rings. The number of halogens is 1. The topological polar surface area (TPSA) is 70.2 Å². The van der Waals surface area contributed by atoms with Crippen molar-refractivity contribution < 1.29 is 14.1 Å². The van der Waals surface area contributed by atoms with E-state index in [0.29, 0.717) is 22.6 Å². The summed E-state index contributed by atoms with van der Waals surface area (Å²) >= 11 is 1.34. The Morgan fingerprint density at radius 2 is 2.15 bits per heavy atom. The molecule has 27 heavy (non-hydrogen) atoms. The molecule has 1 aromatic carbocycles. The first kappa shape index (κ1) is 16.9. The Bertz CT molecular complexity index is 1030. The molecule has 0 radical (unpaired) electrons. The molecule has 3 N–H and O–H groups in total. The Balaban J connectivity index is 1.32. The molecule has 0 unspecified atom stereocenters. The van der Waals surface area contributed by atoms with Gasteiger partial charge in [0.1, 0.15) is 17.2 Å². The lowest BCUT2D eigenvalue weighted by Crippen LogP contribution is -2.39. The minimum absolute atomic E-state index is 0.211. The maximum absolute atomic E-state index is 13.7. The van der Waals surface area contributed by atoms with Crippen molar-refractivity contribution in [2.45, 2.75) is 23.8 Å². The summed E-state index contributed by atoms with van der Waals surface area (Å²) in [5.41, 5.74) is 2.92. The summed E-state index contributed by atoms with van der Waals surface area (Å²) in [6.07, 6.45) is 5.37. The summed E-state index contributed by atoms with van der Waals surface area (Å²) in [6.45, 7) is 0. The molecule has 0 saturated heterocycles. The van der Waals surface area contributed by atoms with Crippen molar-refractivity contribution in [2.75, 3.05) is 0 Å². The summed E-state index contributed by atoms with van der Waals surface area (Å²) in [6, 6.07) is 9.04. The van der Waals surface area contributed by atoms with Gasteiger partial charge in [-0.1, -0.05) is 12.1 Å². The highest BCUT2D eigenvalue weighted by atomic mass is 32.2. The van der Waals surface area contributed by atoms with Gasteiger partial charge in [0.15, 0.2) is 0 Å². The fourth-order valence-electron chi connectivity index (χ4n) is 3.76. The van der Waals surface area contributed by atoms with E-state index in [1.165, 1.54) is 18.0 Å². The van der Waals surface area contributed by atoms with Crippen molar-refractivity contribution in [1.29, 1.82) is 0 Å². The molecule has 3 heterocycles. The zero-order valence-electron chi connectivity index (χ0n) is 14.4. The standard InChI is InChI=1S/C19H17BFN3O2S/c21-15-3-1-2-4-17(15)27-24-12-7-11(8-12)14-9-20(25)26-16-10-23-19-13(18(14)16)5-6-22-19/h1-6,9-12,24-25H,7-8H2,(H,22,23). The molecular weight excluding hydrogens is 364 g/mol. The van der Waals surface area contributed by atoms with E-state index < -0.39 is 7.12 Å². The first-order valence-corrected chi connectivity index (χ1v) is 9.70. The first-order valence-electron chi connectivity index (χ1n) is 8.89. The number of H-pyrrole nitrogens is 1. The van der Waals surface area contributed by atoms with Crippen molar-refractivity contribution in [2.24, 2.45) is 5.92 Å². The molecule has 1 aliphatic carbocycles. The second-order valence-electron chi connectivity index (χ2n) is 6.88. The molecule has 0 atom stereocenters. The van der Waals surface area contributed by atoms with Crippen LogP contribution in [0.3, 0.4) is 0 Å². The average Bonchev–Trinajstić information content (AvgIpc) is 3.10. The third-order valence-corrected chi connectivity index (χ3v) is 6.16. The molecule has 5 nitrogen and oxygen atoms in total. The highest BCUT2D eigenvalue weighted by molar-refractivity contribution is 7.97. The second kappa shape index (κ2) is 6.71. The Kier molecular flexibility index (Phi) is 4.19. The SMILES string of the molecule is OB1C=C(C2CC(NSc3ccccc3F)C2)c2c(cnc3[nH]ccc23)O1. The molecule has 1 saturated carbocycles. The van der Waals surface area contributed by atoms with Gasteiger partial charge in [-0.3, -0.25) is 4.72 Å². The average molecular weight is 381 g/mol. The number of hydrogen-bond donors (Lipinski definition) is 3. The monoisotopic (exact) mass is 381 g/mol. The van der Waals surface area contributed by atoms with Crippen molar-refractivity contribution in [3.05, 3.63) is 60.1 Å². The molecule has 1 aliphatic heterocycles. The van der Waals surface area contributed by atoms with Gasteiger partial charge in [-0.05, 0) is 60.5 Å². The summed E-state index contributed by atoms with van der Waals surface area (Å²) in [7, 11) is -0.953. The van der Waals surface area contributed by atoms with Gasteiger partial charge < -0.3 is 14.7 Å². The molecule has 3 aromatic rings. The normalized spacial score (nSPS) is 21.4. The smallest absolute Gasteiger partial charge is 0.531 e. The number of fused-ring (bicyclic) bond motifs is 3. The molecular formula is C19H17BFN3O2S. The van der Waals surface area contributed by atoms with E-state index in [0.717, 1.165) is 35.0 Å². The zero-order valence-corrected chi connectivity index (χ0v) is 15.2. The molecule has 136 valence electrons. The number of allylic oxidation sites excluding steroid dienone is 1. The van der Waals surface area contributed by atoms with Crippen LogP contribution in [0.4, 0.5) is 4.39 Å². The lowest BCUT2D eigenvalue weighted by molar-refractivity contribution is 0.315. The van der Waals surface area contributed by atoms with Gasteiger partial charge in [0, 0.05) is 23.2 Å². The highest BCUT2D eigenvalue weighted by Gasteiger charge is 2.37. The predicted octanol–water partition coefficient (Wildman–Crippen LogP) is 3.57. The molecule has 8 heteroatoms. The van der Waals surface area contributed by atoms with E-state index in [4.69, 9.17) is 4.65 Å². The lowest BCUT2D eigenvalue weighted by Gasteiger charge is -2.39. The number of aromatic amines is 1. The minimum Gasteiger partial charge on any atom is -0.531 e. The van der Waals surface area contributed by atoms with Gasteiger partial charge >= 0.3 is 7.12 Å². The number of nitrogens with one attached hydrogen (secondary N) is 2. The number of benzene rings is 1. The van der Waals surface area contributed by atoms with E-state index in [2.05, 4.69) is 14.7 Å². The molecule has 0 bridgehead atoms. The van der Waals surface area contributed by atoms with Crippen LogP contribution in [0.15, 0.2) is 53.6 Å². The lowest BCUT2D eigenvalue weighted by atomic mass is 9.68. The maximum atomic E-state index is 13.7. The fraction of sp³-hybridized carbons (Fsp3) is 0.211. The van der Waals surface area contributed by atoms with Crippen molar-refractivity contribution in [3.63, 3.8) is 0 Å². The van der Waals surface area contributed by atoms with Crippen LogP contribution < -0.4 is 9.38 Å². The number of pyridine rings is 1. The van der Waals surface area contributed by atoms with Crippen molar-refractivity contribution in [1.82, 2.24) is 14.7 Å². The number of nitrogens with zero attached hydrogens (tertiary/aromatic N) is 1. The summed E-state index contributed by atoms with van der Waals surface area (Å²) in [4.78, 5) is 8.07. The summed E-state index contributed by atoms with van der Waals surface area (Å²) in [5.74, 6) is 2.52. The fourth-order valence-corrected chi connectivity index (χ4v) is 4.56. The van der Waals surface area contributed by atoms with Crippen LogP contribution in [0.2, 0.25) is 0 Å². The van der Waals surface area contributed by atoms with Gasteiger partial charge in [-0.15, -0.1) is 0 Å². The van der Waals surface area contributed by atoms with E-state index in [1.54, 1.807) is 24.3 Å². The zero-order chi connectivity index (χ0) is 18.4. The van der Waals surface area contributed by atoms with E-state index >= 15 is 0 Å². The molecule has 0 spiro atoms.